The van der Waals surface area contributed by atoms with Crippen molar-refractivity contribution in [1.82, 2.24) is 0 Å². The van der Waals surface area contributed by atoms with Crippen LogP contribution in [0.25, 0.3) is 5.57 Å². The molecule has 0 N–H and O–H groups in total. The molecule has 1 rings (SSSR count). The van der Waals surface area contributed by atoms with Crippen molar-refractivity contribution in [3.05, 3.63) is 39.9 Å². The van der Waals surface area contributed by atoms with Crippen molar-refractivity contribution in [3.63, 3.8) is 0 Å². The predicted octanol–water partition coefficient (Wildman–Crippen LogP) is 5.71. The fourth-order valence-electron chi connectivity index (χ4n) is 1.70. The van der Waals surface area contributed by atoms with Crippen LogP contribution in [-0.4, -0.2) is 0 Å². The highest BCUT2D eigenvalue weighted by molar-refractivity contribution is 9.10. The molecule has 0 aliphatic heterocycles. The lowest BCUT2D eigenvalue weighted by Crippen LogP contribution is -1.93. The quantitative estimate of drug-likeness (QED) is 0.611. The normalized spacial score (nSPS) is 11.9. The van der Waals surface area contributed by atoms with Crippen molar-refractivity contribution in [3.8, 4) is 0 Å². The molecule has 0 aliphatic rings. The van der Waals surface area contributed by atoms with E-state index in [0.717, 1.165) is 31.3 Å². The van der Waals surface area contributed by atoms with Crippen LogP contribution in [0.3, 0.4) is 0 Å². The number of hydrogen-bond acceptors (Lipinski definition) is 0. The molecule has 17 heavy (non-hydrogen) atoms. The van der Waals surface area contributed by atoms with Gasteiger partial charge >= 0.3 is 0 Å². The van der Waals surface area contributed by atoms with Crippen LogP contribution in [0.5, 0.6) is 0 Å². The highest BCUT2D eigenvalue weighted by atomic mass is 79.9. The maximum atomic E-state index is 13.8. The van der Waals surface area contributed by atoms with Gasteiger partial charge in [0.25, 0.3) is 0 Å². The fourth-order valence-corrected chi connectivity index (χ4v) is 2.02. The summed E-state index contributed by atoms with van der Waals surface area (Å²) in [5.74, 6) is -0.783. The van der Waals surface area contributed by atoms with Crippen LogP contribution in [0.2, 0.25) is 0 Å². The third-order valence-electron chi connectivity index (χ3n) is 2.55. The second kappa shape index (κ2) is 6.90. The van der Waals surface area contributed by atoms with Crippen LogP contribution < -0.4 is 0 Å². The molecule has 0 unspecified atom stereocenters. The van der Waals surface area contributed by atoms with Gasteiger partial charge in [0.15, 0.2) is 0 Å². The van der Waals surface area contributed by atoms with Gasteiger partial charge in [-0.1, -0.05) is 32.8 Å². The number of halogens is 3. The van der Waals surface area contributed by atoms with E-state index in [1.165, 1.54) is 12.1 Å². The third kappa shape index (κ3) is 3.91. The Morgan fingerprint density at radius 3 is 2.47 bits per heavy atom. The van der Waals surface area contributed by atoms with Gasteiger partial charge in [0.05, 0.1) is 4.47 Å². The summed E-state index contributed by atoms with van der Waals surface area (Å²) in [7, 11) is 0. The highest BCUT2D eigenvalue weighted by Crippen LogP contribution is 2.28. The van der Waals surface area contributed by atoms with Gasteiger partial charge in [0.1, 0.15) is 11.6 Å². The Labute approximate surface area is 110 Å². The molecular weight excluding hydrogens is 286 g/mol. The molecule has 0 saturated heterocycles. The molecule has 0 bridgehead atoms. The highest BCUT2D eigenvalue weighted by Gasteiger charge is 2.11. The molecular formula is C14H17BrF2. The molecule has 0 atom stereocenters. The van der Waals surface area contributed by atoms with E-state index in [9.17, 15) is 8.78 Å². The van der Waals surface area contributed by atoms with Crippen molar-refractivity contribution < 1.29 is 8.78 Å². The number of allylic oxidation sites excluding steroid dienone is 2. The van der Waals surface area contributed by atoms with E-state index in [2.05, 4.69) is 22.9 Å². The number of hydrogen-bond donors (Lipinski definition) is 0. The molecule has 0 radical (unpaired) electrons. The van der Waals surface area contributed by atoms with Gasteiger partial charge in [-0.2, -0.15) is 0 Å². The van der Waals surface area contributed by atoms with Gasteiger partial charge in [-0.3, -0.25) is 0 Å². The zero-order chi connectivity index (χ0) is 12.8. The predicted molar refractivity (Wildman–Crippen MR) is 71.9 cm³/mol. The van der Waals surface area contributed by atoms with Crippen molar-refractivity contribution in [2.24, 2.45) is 0 Å². The maximum absolute atomic E-state index is 13.8. The summed E-state index contributed by atoms with van der Waals surface area (Å²) in [4.78, 5) is 0. The minimum atomic E-state index is -0.417. The van der Waals surface area contributed by atoms with E-state index in [4.69, 9.17) is 0 Å². The third-order valence-corrected chi connectivity index (χ3v) is 3.16. The van der Waals surface area contributed by atoms with Gasteiger partial charge in [-0.05, 0) is 46.5 Å². The van der Waals surface area contributed by atoms with Gasteiger partial charge in [0, 0.05) is 5.56 Å². The van der Waals surface area contributed by atoms with Crippen molar-refractivity contribution in [1.29, 1.82) is 0 Å². The molecule has 0 aliphatic carbocycles. The summed E-state index contributed by atoms with van der Waals surface area (Å²) in [6.45, 7) is 4.10. The minimum Gasteiger partial charge on any atom is -0.206 e. The molecule has 0 heterocycles. The van der Waals surface area contributed by atoms with Gasteiger partial charge < -0.3 is 0 Å². The Balaban J connectivity index is 3.13. The Morgan fingerprint density at radius 1 is 1.18 bits per heavy atom. The average molecular weight is 303 g/mol. The second-order valence-electron chi connectivity index (χ2n) is 4.01. The number of rotatable bonds is 5. The van der Waals surface area contributed by atoms with Crippen molar-refractivity contribution in [2.75, 3.05) is 0 Å². The van der Waals surface area contributed by atoms with Gasteiger partial charge in [-0.25, -0.2) is 8.78 Å². The summed E-state index contributed by atoms with van der Waals surface area (Å²) in [6, 6.07) is 2.47. The largest absolute Gasteiger partial charge is 0.206 e. The average Bonchev–Trinajstić information content (AvgIpc) is 2.29. The van der Waals surface area contributed by atoms with E-state index >= 15 is 0 Å². The monoisotopic (exact) mass is 302 g/mol. The number of unbranched alkanes of at least 4 members (excludes halogenated alkanes) is 1. The van der Waals surface area contributed by atoms with Crippen molar-refractivity contribution in [2.45, 2.75) is 39.5 Å². The van der Waals surface area contributed by atoms with E-state index in [0.29, 0.717) is 5.56 Å². The molecule has 0 fully saturated rings. The molecule has 0 nitrogen and oxygen atoms in total. The molecule has 0 spiro atoms. The standard InChI is InChI=1S/C14H17BrF2/c1-3-5-7-10(6-4-2)11-8-14(17)12(15)9-13(11)16/h7-9H,3-6H2,1-2H3/b10-7+. The van der Waals surface area contributed by atoms with E-state index < -0.39 is 5.82 Å². The molecule has 0 amide bonds. The summed E-state index contributed by atoms with van der Waals surface area (Å²) in [5.41, 5.74) is 1.29. The van der Waals surface area contributed by atoms with E-state index in [1.54, 1.807) is 0 Å². The molecule has 1 aromatic rings. The molecule has 0 saturated carbocycles. The SMILES string of the molecule is CCC/C=C(\CCC)c1cc(F)c(Br)cc1F. The Bertz CT molecular complexity index is 411. The van der Waals surface area contributed by atoms with Crippen LogP contribution in [0.1, 0.15) is 45.1 Å². The first-order valence-corrected chi connectivity index (χ1v) is 6.73. The first-order valence-electron chi connectivity index (χ1n) is 5.94. The van der Waals surface area contributed by atoms with Crippen LogP contribution in [0, 0.1) is 11.6 Å². The lowest BCUT2D eigenvalue weighted by molar-refractivity contribution is 0.590. The Kier molecular flexibility index (Phi) is 5.83. The summed E-state index contributed by atoms with van der Waals surface area (Å²) >= 11 is 2.99. The molecule has 94 valence electrons. The summed E-state index contributed by atoms with van der Waals surface area (Å²) < 4.78 is 27.4. The van der Waals surface area contributed by atoms with Crippen molar-refractivity contribution >= 4 is 21.5 Å². The summed E-state index contributed by atoms with van der Waals surface area (Å²) in [6.07, 6.45) is 5.61. The van der Waals surface area contributed by atoms with Crippen LogP contribution in [-0.2, 0) is 0 Å². The lowest BCUT2D eigenvalue weighted by Gasteiger charge is -2.09. The smallest absolute Gasteiger partial charge is 0.138 e. The summed E-state index contributed by atoms with van der Waals surface area (Å²) in [5, 5.41) is 0. The van der Waals surface area contributed by atoms with E-state index in [-0.39, 0.29) is 10.3 Å². The van der Waals surface area contributed by atoms with Crippen LogP contribution >= 0.6 is 15.9 Å². The Hall–Kier alpha value is -0.700. The topological polar surface area (TPSA) is 0 Å². The molecule has 3 heteroatoms. The van der Waals surface area contributed by atoms with Gasteiger partial charge in [0.2, 0.25) is 0 Å². The first-order chi connectivity index (χ1) is 8.10. The maximum Gasteiger partial charge on any atom is 0.138 e. The first kappa shape index (κ1) is 14.4. The molecule has 0 aromatic heterocycles. The molecule has 1 aromatic carbocycles. The lowest BCUT2D eigenvalue weighted by atomic mass is 9.99. The number of benzene rings is 1. The van der Waals surface area contributed by atoms with Crippen LogP contribution in [0.4, 0.5) is 8.78 Å². The minimum absolute atomic E-state index is 0.171. The zero-order valence-electron chi connectivity index (χ0n) is 10.2. The zero-order valence-corrected chi connectivity index (χ0v) is 11.8. The second-order valence-corrected chi connectivity index (χ2v) is 4.87. The van der Waals surface area contributed by atoms with E-state index in [1.807, 2.05) is 13.0 Å². The fraction of sp³-hybridized carbons (Fsp3) is 0.429. The Morgan fingerprint density at radius 2 is 1.88 bits per heavy atom. The van der Waals surface area contributed by atoms with Crippen LogP contribution in [0.15, 0.2) is 22.7 Å². The van der Waals surface area contributed by atoms with Gasteiger partial charge in [-0.15, -0.1) is 0 Å².